The molecule has 0 saturated carbocycles. The average Bonchev–Trinajstić information content (AvgIpc) is 2.86. The van der Waals surface area contributed by atoms with Crippen molar-refractivity contribution in [2.45, 2.75) is 6.92 Å². The first kappa shape index (κ1) is 16.1. The fourth-order valence-corrected chi connectivity index (χ4v) is 2.50. The Bertz CT molecular complexity index is 844. The van der Waals surface area contributed by atoms with E-state index in [1.165, 1.54) is 5.01 Å². The Morgan fingerprint density at radius 3 is 2.46 bits per heavy atom. The standard InChI is InChI=1S/C18H15ClN2O3/c1-11-3-6-13(10-16(11)19)21-18(23)15(17(22)20-21)9-12-4-7-14(24-2)8-5-12/h3-10H,1-2H3,(H,20,22)/b15-9+. The highest BCUT2D eigenvalue weighted by molar-refractivity contribution is 6.33. The highest BCUT2D eigenvalue weighted by atomic mass is 35.5. The zero-order valence-electron chi connectivity index (χ0n) is 13.2. The number of benzene rings is 2. The van der Waals surface area contributed by atoms with Crippen LogP contribution in [0.5, 0.6) is 5.75 Å². The molecule has 0 spiro atoms. The van der Waals surface area contributed by atoms with Crippen LogP contribution in [0.2, 0.25) is 5.02 Å². The first-order chi connectivity index (χ1) is 11.5. The molecule has 6 heteroatoms. The maximum absolute atomic E-state index is 12.5. The molecule has 1 aliphatic rings. The maximum Gasteiger partial charge on any atom is 0.282 e. The fourth-order valence-electron chi connectivity index (χ4n) is 2.33. The summed E-state index contributed by atoms with van der Waals surface area (Å²) in [7, 11) is 1.58. The average molecular weight is 343 g/mol. The van der Waals surface area contributed by atoms with Crippen molar-refractivity contribution in [1.29, 1.82) is 0 Å². The van der Waals surface area contributed by atoms with E-state index in [4.69, 9.17) is 16.3 Å². The van der Waals surface area contributed by atoms with Gasteiger partial charge in [-0.2, -0.15) is 0 Å². The third-order valence-electron chi connectivity index (χ3n) is 3.73. The molecular formula is C18H15ClN2O3. The lowest BCUT2D eigenvalue weighted by molar-refractivity contribution is -0.117. The lowest BCUT2D eigenvalue weighted by Crippen LogP contribution is -2.35. The summed E-state index contributed by atoms with van der Waals surface area (Å²) >= 11 is 6.09. The molecule has 3 rings (SSSR count). The lowest BCUT2D eigenvalue weighted by atomic mass is 10.1. The molecule has 1 N–H and O–H groups in total. The van der Waals surface area contributed by atoms with Crippen molar-refractivity contribution >= 4 is 35.2 Å². The Morgan fingerprint density at radius 1 is 1.12 bits per heavy atom. The molecule has 0 radical (unpaired) electrons. The second-order valence-electron chi connectivity index (χ2n) is 5.35. The van der Waals surface area contributed by atoms with Crippen LogP contribution in [-0.2, 0) is 9.59 Å². The van der Waals surface area contributed by atoms with Crippen molar-refractivity contribution < 1.29 is 14.3 Å². The smallest absolute Gasteiger partial charge is 0.282 e. The summed E-state index contributed by atoms with van der Waals surface area (Å²) in [4.78, 5) is 24.7. The number of amides is 2. The lowest BCUT2D eigenvalue weighted by Gasteiger charge is -2.15. The normalized spacial score (nSPS) is 15.8. The number of nitrogens with one attached hydrogen (secondary N) is 1. The Kier molecular flexibility index (Phi) is 4.27. The van der Waals surface area contributed by atoms with Gasteiger partial charge in [-0.3, -0.25) is 15.0 Å². The number of rotatable bonds is 3. The minimum absolute atomic E-state index is 0.0665. The third kappa shape index (κ3) is 2.98. The monoisotopic (exact) mass is 342 g/mol. The molecule has 5 nitrogen and oxygen atoms in total. The summed E-state index contributed by atoms with van der Waals surface area (Å²) in [5.74, 6) is -0.168. The summed E-state index contributed by atoms with van der Waals surface area (Å²) in [5, 5.41) is 1.73. The summed E-state index contributed by atoms with van der Waals surface area (Å²) in [6, 6.07) is 12.3. The predicted octanol–water partition coefficient (Wildman–Crippen LogP) is 3.12. The topological polar surface area (TPSA) is 58.6 Å². The van der Waals surface area contributed by atoms with Crippen LogP contribution >= 0.6 is 11.6 Å². The van der Waals surface area contributed by atoms with E-state index in [0.717, 1.165) is 11.1 Å². The SMILES string of the molecule is COc1ccc(/C=C2\C(=O)NN(c3ccc(C)c(Cl)c3)C2=O)cc1. The number of anilines is 1. The van der Waals surface area contributed by atoms with Gasteiger partial charge in [0.1, 0.15) is 11.3 Å². The maximum atomic E-state index is 12.5. The number of hydrogen-bond acceptors (Lipinski definition) is 3. The van der Waals surface area contributed by atoms with E-state index in [-0.39, 0.29) is 5.57 Å². The summed E-state index contributed by atoms with van der Waals surface area (Å²) in [5.41, 5.74) is 4.77. The van der Waals surface area contributed by atoms with E-state index in [0.29, 0.717) is 16.5 Å². The van der Waals surface area contributed by atoms with Gasteiger partial charge in [-0.1, -0.05) is 29.8 Å². The zero-order chi connectivity index (χ0) is 17.3. The second-order valence-corrected chi connectivity index (χ2v) is 5.75. The van der Waals surface area contributed by atoms with Crippen molar-refractivity contribution in [3.8, 4) is 5.75 Å². The van der Waals surface area contributed by atoms with Gasteiger partial charge in [-0.25, -0.2) is 5.01 Å². The second kappa shape index (κ2) is 6.37. The molecule has 0 bridgehead atoms. The predicted molar refractivity (Wildman–Crippen MR) is 92.8 cm³/mol. The Hall–Kier alpha value is -2.79. The van der Waals surface area contributed by atoms with E-state index in [9.17, 15) is 9.59 Å². The summed E-state index contributed by atoms with van der Waals surface area (Å²) in [6.07, 6.45) is 1.55. The van der Waals surface area contributed by atoms with Gasteiger partial charge in [0.25, 0.3) is 11.8 Å². The highest BCUT2D eigenvalue weighted by Gasteiger charge is 2.34. The number of nitrogens with zero attached hydrogens (tertiary/aromatic N) is 1. The van der Waals surface area contributed by atoms with Crippen molar-refractivity contribution in [1.82, 2.24) is 5.43 Å². The number of carbonyl (C=O) groups is 2. The van der Waals surface area contributed by atoms with Crippen LogP contribution in [0.3, 0.4) is 0 Å². The van der Waals surface area contributed by atoms with Gasteiger partial charge in [0.15, 0.2) is 0 Å². The molecule has 1 saturated heterocycles. The highest BCUT2D eigenvalue weighted by Crippen LogP contribution is 2.26. The van der Waals surface area contributed by atoms with Crippen LogP contribution in [0.1, 0.15) is 11.1 Å². The number of methoxy groups -OCH3 is 1. The molecule has 0 aliphatic carbocycles. The van der Waals surface area contributed by atoms with Crippen molar-refractivity contribution in [2.75, 3.05) is 12.1 Å². The molecule has 2 amide bonds. The molecule has 2 aromatic carbocycles. The van der Waals surface area contributed by atoms with Crippen molar-refractivity contribution in [3.05, 3.63) is 64.2 Å². The van der Waals surface area contributed by atoms with Crippen LogP contribution in [0.25, 0.3) is 6.08 Å². The van der Waals surface area contributed by atoms with Gasteiger partial charge in [0.2, 0.25) is 0 Å². The first-order valence-electron chi connectivity index (χ1n) is 7.27. The van der Waals surface area contributed by atoms with E-state index in [1.807, 2.05) is 6.92 Å². The van der Waals surface area contributed by atoms with Crippen LogP contribution in [0, 0.1) is 6.92 Å². The number of aryl methyl sites for hydroxylation is 1. The minimum atomic E-state index is -0.451. The van der Waals surface area contributed by atoms with Gasteiger partial charge in [0, 0.05) is 5.02 Å². The number of ether oxygens (including phenoxy) is 1. The van der Waals surface area contributed by atoms with Gasteiger partial charge in [-0.15, -0.1) is 0 Å². The zero-order valence-corrected chi connectivity index (χ0v) is 13.9. The Labute approximate surface area is 144 Å². The van der Waals surface area contributed by atoms with E-state index >= 15 is 0 Å². The molecular weight excluding hydrogens is 328 g/mol. The number of carbonyl (C=O) groups excluding carboxylic acids is 2. The van der Waals surface area contributed by atoms with Crippen molar-refractivity contribution in [2.24, 2.45) is 0 Å². The van der Waals surface area contributed by atoms with Crippen LogP contribution in [-0.4, -0.2) is 18.9 Å². The van der Waals surface area contributed by atoms with E-state index < -0.39 is 11.8 Å². The Balaban J connectivity index is 1.90. The molecule has 1 aliphatic heterocycles. The van der Waals surface area contributed by atoms with Gasteiger partial charge >= 0.3 is 0 Å². The minimum Gasteiger partial charge on any atom is -0.497 e. The first-order valence-corrected chi connectivity index (χ1v) is 7.65. The van der Waals surface area contributed by atoms with Gasteiger partial charge in [-0.05, 0) is 48.4 Å². The largest absolute Gasteiger partial charge is 0.497 e. The number of halogens is 1. The van der Waals surface area contributed by atoms with Gasteiger partial charge < -0.3 is 4.74 Å². The molecule has 0 atom stereocenters. The molecule has 24 heavy (non-hydrogen) atoms. The summed E-state index contributed by atoms with van der Waals surface area (Å²) in [6.45, 7) is 1.87. The molecule has 0 unspecified atom stereocenters. The summed E-state index contributed by atoms with van der Waals surface area (Å²) < 4.78 is 5.09. The molecule has 2 aromatic rings. The molecule has 1 heterocycles. The Morgan fingerprint density at radius 2 is 1.83 bits per heavy atom. The van der Waals surface area contributed by atoms with Gasteiger partial charge in [0.05, 0.1) is 12.8 Å². The molecule has 0 aromatic heterocycles. The van der Waals surface area contributed by atoms with Crippen LogP contribution in [0.4, 0.5) is 5.69 Å². The number of hydrogen-bond donors (Lipinski definition) is 1. The third-order valence-corrected chi connectivity index (χ3v) is 4.14. The molecule has 1 fully saturated rings. The van der Waals surface area contributed by atoms with E-state index in [1.54, 1.807) is 55.7 Å². The molecule has 122 valence electrons. The van der Waals surface area contributed by atoms with Crippen LogP contribution in [0.15, 0.2) is 48.0 Å². The van der Waals surface area contributed by atoms with E-state index in [2.05, 4.69) is 5.43 Å². The quantitative estimate of drug-likeness (QED) is 0.688. The van der Waals surface area contributed by atoms with Crippen molar-refractivity contribution in [3.63, 3.8) is 0 Å². The van der Waals surface area contributed by atoms with Crippen LogP contribution < -0.4 is 15.2 Å². The number of hydrazine groups is 1. The fraction of sp³-hybridized carbons (Fsp3) is 0.111.